The lowest BCUT2D eigenvalue weighted by Crippen LogP contribution is -2.26. The Morgan fingerprint density at radius 3 is 2.47 bits per heavy atom. The molecule has 8 nitrogen and oxygen atoms in total. The Hall–Kier alpha value is -4.20. The van der Waals surface area contributed by atoms with Gasteiger partial charge in [-0.1, -0.05) is 60.6 Å². The Balaban J connectivity index is 1.62. The Morgan fingerprint density at radius 1 is 1.06 bits per heavy atom. The van der Waals surface area contributed by atoms with Crippen LogP contribution in [0.2, 0.25) is 0 Å². The number of anilines is 1. The molecule has 0 radical (unpaired) electrons. The van der Waals surface area contributed by atoms with E-state index in [2.05, 4.69) is 19.6 Å². The first-order valence-electron chi connectivity index (χ1n) is 10.2. The van der Waals surface area contributed by atoms with Crippen molar-refractivity contribution in [2.24, 2.45) is 0 Å². The van der Waals surface area contributed by atoms with Gasteiger partial charge in [-0.2, -0.15) is 0 Å². The predicted molar refractivity (Wildman–Crippen MR) is 121 cm³/mol. The Labute approximate surface area is 184 Å². The topological polar surface area (TPSA) is 112 Å². The van der Waals surface area contributed by atoms with Crippen LogP contribution in [0.1, 0.15) is 29.3 Å². The summed E-state index contributed by atoms with van der Waals surface area (Å²) < 4.78 is 4.65. The number of rotatable bonds is 8. The molecule has 2 aromatic carbocycles. The van der Waals surface area contributed by atoms with Crippen LogP contribution in [-0.4, -0.2) is 32.7 Å². The number of pyridine rings is 1. The van der Waals surface area contributed by atoms with E-state index in [4.69, 9.17) is 0 Å². The molecule has 4 rings (SSSR count). The zero-order valence-electron chi connectivity index (χ0n) is 17.5. The van der Waals surface area contributed by atoms with Crippen LogP contribution in [0.4, 0.5) is 5.82 Å². The van der Waals surface area contributed by atoms with Gasteiger partial charge in [0.2, 0.25) is 0 Å². The molecule has 32 heavy (non-hydrogen) atoms. The van der Waals surface area contributed by atoms with Gasteiger partial charge < -0.3 is 10.0 Å². The number of aromatic nitrogens is 3. The summed E-state index contributed by atoms with van der Waals surface area (Å²) in [6.07, 6.45) is 2.47. The van der Waals surface area contributed by atoms with Gasteiger partial charge in [-0.25, -0.2) is 14.6 Å². The Bertz CT molecular complexity index is 1280. The first-order chi connectivity index (χ1) is 15.6. The number of hydrogen-bond donors (Lipinski definition) is 2. The fraction of sp³-hybridized carbons (Fsp3) is 0.167. The Kier molecular flexibility index (Phi) is 6.12. The zero-order chi connectivity index (χ0) is 22.5. The second-order valence-corrected chi connectivity index (χ2v) is 7.29. The molecule has 2 N–H and O–H groups in total. The number of carboxylic acids is 1. The predicted octanol–water partition coefficient (Wildman–Crippen LogP) is 4.21. The molecule has 0 spiro atoms. The van der Waals surface area contributed by atoms with Gasteiger partial charge in [0.15, 0.2) is 5.82 Å². The lowest BCUT2D eigenvalue weighted by Gasteiger charge is -2.24. The van der Waals surface area contributed by atoms with Crippen LogP contribution in [0, 0.1) is 0 Å². The summed E-state index contributed by atoms with van der Waals surface area (Å²) in [4.78, 5) is 31.9. The van der Waals surface area contributed by atoms with E-state index < -0.39 is 11.7 Å². The highest BCUT2D eigenvalue weighted by molar-refractivity contribution is 5.93. The van der Waals surface area contributed by atoms with Gasteiger partial charge in [0.25, 0.3) is 0 Å². The van der Waals surface area contributed by atoms with Crippen molar-refractivity contribution in [1.29, 1.82) is 0 Å². The quantitative estimate of drug-likeness (QED) is 0.431. The molecule has 2 heterocycles. The summed E-state index contributed by atoms with van der Waals surface area (Å²) in [6, 6.07) is 18.8. The SMILES string of the molecule is CCCN(Cc1ccc(-c2ccccc2-c2noc(=O)[nH]2)cc1)c1ncccc1C(=O)O. The average molecular weight is 430 g/mol. The molecule has 0 saturated carbocycles. The molecular weight excluding hydrogens is 408 g/mol. The minimum Gasteiger partial charge on any atom is -0.478 e. The first-order valence-corrected chi connectivity index (χ1v) is 10.2. The molecule has 0 bridgehead atoms. The van der Waals surface area contributed by atoms with E-state index in [1.54, 1.807) is 18.3 Å². The summed E-state index contributed by atoms with van der Waals surface area (Å²) >= 11 is 0. The van der Waals surface area contributed by atoms with Crippen LogP contribution in [-0.2, 0) is 6.54 Å². The maximum absolute atomic E-state index is 11.6. The number of carbonyl (C=O) groups is 1. The van der Waals surface area contributed by atoms with Crippen LogP contribution in [0.5, 0.6) is 0 Å². The number of carboxylic acid groups (broad SMARTS) is 1. The standard InChI is InChI=1S/C24H22N4O4/c1-2-14-28(22-20(23(29)30)8-5-13-25-22)15-16-9-11-17(12-10-16)18-6-3-4-7-19(18)21-26-24(31)32-27-21/h3-13H,2,14-15H2,1H3,(H,29,30)(H,26,27,31). The van der Waals surface area contributed by atoms with E-state index in [1.807, 2.05) is 60.4 Å². The summed E-state index contributed by atoms with van der Waals surface area (Å²) in [5.74, 6) is -0.755. The molecule has 0 aliphatic rings. The highest BCUT2D eigenvalue weighted by Crippen LogP contribution is 2.30. The van der Waals surface area contributed by atoms with Crippen molar-refractivity contribution in [3.63, 3.8) is 0 Å². The minimum absolute atomic E-state index is 0.188. The van der Waals surface area contributed by atoms with Gasteiger partial charge in [0, 0.05) is 24.8 Å². The van der Waals surface area contributed by atoms with E-state index >= 15 is 0 Å². The first kappa shape index (κ1) is 21.0. The second kappa shape index (κ2) is 9.30. The number of nitrogens with one attached hydrogen (secondary N) is 1. The number of hydrogen-bond acceptors (Lipinski definition) is 6. The fourth-order valence-electron chi connectivity index (χ4n) is 3.64. The summed E-state index contributed by atoms with van der Waals surface area (Å²) in [6.45, 7) is 3.26. The molecule has 0 saturated heterocycles. The molecule has 0 aliphatic heterocycles. The average Bonchev–Trinajstić information content (AvgIpc) is 3.25. The van der Waals surface area contributed by atoms with Crippen LogP contribution >= 0.6 is 0 Å². The van der Waals surface area contributed by atoms with E-state index in [0.29, 0.717) is 24.7 Å². The van der Waals surface area contributed by atoms with Gasteiger partial charge in [-0.15, -0.1) is 0 Å². The van der Waals surface area contributed by atoms with Crippen molar-refractivity contribution in [3.8, 4) is 22.5 Å². The second-order valence-electron chi connectivity index (χ2n) is 7.29. The van der Waals surface area contributed by atoms with Crippen molar-refractivity contribution >= 4 is 11.8 Å². The lowest BCUT2D eigenvalue weighted by molar-refractivity contribution is 0.0697. The Morgan fingerprint density at radius 2 is 1.81 bits per heavy atom. The minimum atomic E-state index is -0.993. The number of H-pyrrole nitrogens is 1. The third kappa shape index (κ3) is 4.44. The van der Waals surface area contributed by atoms with E-state index in [0.717, 1.165) is 28.7 Å². The number of aromatic amines is 1. The summed E-state index contributed by atoms with van der Waals surface area (Å²) in [5, 5.41) is 13.3. The molecule has 0 amide bonds. The maximum atomic E-state index is 11.6. The number of aromatic carboxylic acids is 1. The molecule has 4 aromatic rings. The fourth-order valence-corrected chi connectivity index (χ4v) is 3.64. The third-order valence-corrected chi connectivity index (χ3v) is 5.07. The van der Waals surface area contributed by atoms with Gasteiger partial charge in [0.1, 0.15) is 11.4 Å². The van der Waals surface area contributed by atoms with Crippen LogP contribution in [0.25, 0.3) is 22.5 Å². The van der Waals surface area contributed by atoms with Gasteiger partial charge >= 0.3 is 11.7 Å². The van der Waals surface area contributed by atoms with Gasteiger partial charge in [0.05, 0.1) is 0 Å². The van der Waals surface area contributed by atoms with Crippen molar-refractivity contribution < 1.29 is 14.4 Å². The third-order valence-electron chi connectivity index (χ3n) is 5.07. The highest BCUT2D eigenvalue weighted by atomic mass is 16.5. The van der Waals surface area contributed by atoms with Crippen molar-refractivity contribution in [1.82, 2.24) is 15.1 Å². The molecule has 2 aromatic heterocycles. The van der Waals surface area contributed by atoms with E-state index in [-0.39, 0.29) is 5.56 Å². The number of benzene rings is 2. The summed E-state index contributed by atoms with van der Waals surface area (Å²) in [5.41, 5.74) is 3.84. The van der Waals surface area contributed by atoms with E-state index in [9.17, 15) is 14.7 Å². The highest BCUT2D eigenvalue weighted by Gasteiger charge is 2.17. The largest absolute Gasteiger partial charge is 0.478 e. The number of nitrogens with zero attached hydrogens (tertiary/aromatic N) is 3. The molecular formula is C24H22N4O4. The summed E-state index contributed by atoms with van der Waals surface area (Å²) in [7, 11) is 0. The zero-order valence-corrected chi connectivity index (χ0v) is 17.5. The van der Waals surface area contributed by atoms with Crippen molar-refractivity contribution in [3.05, 3.63) is 88.5 Å². The smallest absolute Gasteiger partial charge is 0.439 e. The van der Waals surface area contributed by atoms with Crippen LogP contribution < -0.4 is 10.7 Å². The van der Waals surface area contributed by atoms with Gasteiger partial charge in [-0.3, -0.25) is 9.51 Å². The molecule has 0 fully saturated rings. The van der Waals surface area contributed by atoms with E-state index in [1.165, 1.54) is 0 Å². The van der Waals surface area contributed by atoms with Crippen LogP contribution in [0.15, 0.2) is 76.2 Å². The molecule has 0 aliphatic carbocycles. The van der Waals surface area contributed by atoms with Crippen molar-refractivity contribution in [2.75, 3.05) is 11.4 Å². The van der Waals surface area contributed by atoms with Gasteiger partial charge in [-0.05, 0) is 35.2 Å². The molecule has 0 unspecified atom stereocenters. The normalized spacial score (nSPS) is 10.8. The monoisotopic (exact) mass is 430 g/mol. The van der Waals surface area contributed by atoms with Crippen molar-refractivity contribution in [2.45, 2.75) is 19.9 Å². The maximum Gasteiger partial charge on any atom is 0.439 e. The molecule has 8 heteroatoms. The van der Waals surface area contributed by atoms with Crippen LogP contribution in [0.3, 0.4) is 0 Å². The lowest BCUT2D eigenvalue weighted by atomic mass is 9.98. The molecule has 0 atom stereocenters. The molecule has 162 valence electrons.